The molecule has 0 fully saturated rings. The van der Waals surface area contributed by atoms with Gasteiger partial charge in [-0.2, -0.15) is 5.10 Å². The highest BCUT2D eigenvalue weighted by Crippen LogP contribution is 2.25. The number of rotatable bonds is 11. The van der Waals surface area contributed by atoms with Crippen LogP contribution < -0.4 is 20.5 Å². The summed E-state index contributed by atoms with van der Waals surface area (Å²) in [5, 5.41) is 21.7. The molecule has 2 aromatic carbocycles. The SMILES string of the molecule is CC(C)(Cc1ccc(Oc2ncccc2C(N)=O)cc1)NC[C@H](O)COc1cccc2[nH]ncc12. The Kier molecular flexibility index (Phi) is 7.28. The number of nitrogens with one attached hydrogen (secondary N) is 2. The monoisotopic (exact) mass is 475 g/mol. The minimum Gasteiger partial charge on any atom is -0.490 e. The quantitative estimate of drug-likeness (QED) is 0.262. The second-order valence-corrected chi connectivity index (χ2v) is 8.96. The van der Waals surface area contributed by atoms with Crippen LogP contribution in [0.2, 0.25) is 0 Å². The summed E-state index contributed by atoms with van der Waals surface area (Å²) in [6, 6.07) is 16.4. The summed E-state index contributed by atoms with van der Waals surface area (Å²) >= 11 is 0. The number of ether oxygens (including phenoxy) is 2. The van der Waals surface area contributed by atoms with Gasteiger partial charge in [0.2, 0.25) is 5.88 Å². The average Bonchev–Trinajstić information content (AvgIpc) is 3.32. The highest BCUT2D eigenvalue weighted by molar-refractivity contribution is 5.95. The molecule has 9 nitrogen and oxygen atoms in total. The molecule has 9 heteroatoms. The Hall–Kier alpha value is -3.95. The lowest BCUT2D eigenvalue weighted by atomic mass is 9.94. The van der Waals surface area contributed by atoms with Crippen molar-refractivity contribution in [2.24, 2.45) is 5.73 Å². The Morgan fingerprint density at radius 2 is 1.97 bits per heavy atom. The zero-order valence-corrected chi connectivity index (χ0v) is 19.7. The number of H-pyrrole nitrogens is 1. The zero-order valence-electron chi connectivity index (χ0n) is 19.7. The normalized spacial score (nSPS) is 12.4. The van der Waals surface area contributed by atoms with Crippen molar-refractivity contribution in [2.75, 3.05) is 13.2 Å². The lowest BCUT2D eigenvalue weighted by molar-refractivity contribution is 0.0995. The lowest BCUT2D eigenvalue weighted by Crippen LogP contribution is -2.46. The number of aromatic amines is 1. The summed E-state index contributed by atoms with van der Waals surface area (Å²) in [5.41, 5.74) is 7.32. The molecule has 0 radical (unpaired) electrons. The molecule has 4 aromatic rings. The van der Waals surface area contributed by atoms with Gasteiger partial charge in [-0.1, -0.05) is 18.2 Å². The third-order valence-corrected chi connectivity index (χ3v) is 5.51. The van der Waals surface area contributed by atoms with E-state index in [4.69, 9.17) is 15.2 Å². The molecular weight excluding hydrogens is 446 g/mol. The van der Waals surface area contributed by atoms with Gasteiger partial charge >= 0.3 is 0 Å². The van der Waals surface area contributed by atoms with Crippen LogP contribution in [0.5, 0.6) is 17.4 Å². The van der Waals surface area contributed by atoms with Crippen LogP contribution in [0, 0.1) is 0 Å². The first-order chi connectivity index (χ1) is 16.8. The predicted octanol–water partition coefficient (Wildman–Crippen LogP) is 3.20. The Labute approximate surface area is 203 Å². The summed E-state index contributed by atoms with van der Waals surface area (Å²) in [5.74, 6) is 0.824. The average molecular weight is 476 g/mol. The fraction of sp³-hybridized carbons (Fsp3) is 0.269. The van der Waals surface area contributed by atoms with Crippen molar-refractivity contribution in [2.45, 2.75) is 31.9 Å². The number of primary amides is 1. The first-order valence-corrected chi connectivity index (χ1v) is 11.3. The highest BCUT2D eigenvalue weighted by Gasteiger charge is 2.20. The number of carbonyl (C=O) groups excluding carboxylic acids is 1. The fourth-order valence-corrected chi connectivity index (χ4v) is 3.73. The van der Waals surface area contributed by atoms with Crippen LogP contribution in [0.3, 0.4) is 0 Å². The Balaban J connectivity index is 1.28. The Bertz CT molecular complexity index is 1290. The molecule has 0 spiro atoms. The molecule has 4 rings (SSSR count). The van der Waals surface area contributed by atoms with Gasteiger partial charge in [0.25, 0.3) is 5.91 Å². The van der Waals surface area contributed by atoms with Crippen LogP contribution in [-0.2, 0) is 6.42 Å². The van der Waals surface area contributed by atoms with E-state index in [1.54, 1.807) is 24.5 Å². The highest BCUT2D eigenvalue weighted by atomic mass is 16.5. The van der Waals surface area contributed by atoms with E-state index in [9.17, 15) is 9.90 Å². The number of aliphatic hydroxyl groups is 1. The summed E-state index contributed by atoms with van der Waals surface area (Å²) < 4.78 is 11.5. The van der Waals surface area contributed by atoms with Crippen molar-refractivity contribution in [3.8, 4) is 17.4 Å². The fourth-order valence-electron chi connectivity index (χ4n) is 3.73. The van der Waals surface area contributed by atoms with E-state index in [0.29, 0.717) is 18.0 Å². The van der Waals surface area contributed by atoms with E-state index in [-0.39, 0.29) is 23.6 Å². The number of hydrogen-bond acceptors (Lipinski definition) is 7. The second kappa shape index (κ2) is 10.5. The van der Waals surface area contributed by atoms with E-state index in [0.717, 1.165) is 22.9 Å². The molecule has 35 heavy (non-hydrogen) atoms. The van der Waals surface area contributed by atoms with Crippen LogP contribution in [0.1, 0.15) is 29.8 Å². The van der Waals surface area contributed by atoms with Gasteiger partial charge in [-0.05, 0) is 62.2 Å². The van der Waals surface area contributed by atoms with Gasteiger partial charge < -0.3 is 25.6 Å². The van der Waals surface area contributed by atoms with E-state index in [2.05, 4.69) is 34.3 Å². The van der Waals surface area contributed by atoms with Gasteiger partial charge in [-0.25, -0.2) is 4.98 Å². The molecule has 1 amide bonds. The number of nitrogens with zero attached hydrogens (tertiary/aromatic N) is 2. The number of nitrogens with two attached hydrogens (primary N) is 1. The molecule has 0 aliphatic carbocycles. The molecule has 0 bridgehead atoms. The van der Waals surface area contributed by atoms with Crippen LogP contribution in [0.15, 0.2) is 67.0 Å². The standard InChI is InChI=1S/C26H29N5O4/c1-26(2,29-14-18(32)16-34-23-7-3-6-22-21(23)15-30-31-22)13-17-8-10-19(11-9-17)35-25-20(24(27)33)5-4-12-28-25/h3-12,15,18,29,32H,13-14,16H2,1-2H3,(H2,27,33)(H,30,31)/t18-/m0/s1. The van der Waals surface area contributed by atoms with Crippen LogP contribution in [0.25, 0.3) is 10.9 Å². The van der Waals surface area contributed by atoms with Gasteiger partial charge in [-0.3, -0.25) is 9.89 Å². The van der Waals surface area contributed by atoms with Crippen molar-refractivity contribution in [1.29, 1.82) is 0 Å². The third kappa shape index (κ3) is 6.34. The summed E-state index contributed by atoms with van der Waals surface area (Å²) in [6.07, 6.45) is 3.30. The minimum atomic E-state index is -0.676. The van der Waals surface area contributed by atoms with Crippen LogP contribution in [0.4, 0.5) is 0 Å². The number of carbonyl (C=O) groups is 1. The topological polar surface area (TPSA) is 135 Å². The van der Waals surface area contributed by atoms with Gasteiger partial charge in [0, 0.05) is 18.3 Å². The first kappa shape index (κ1) is 24.2. The Morgan fingerprint density at radius 3 is 2.74 bits per heavy atom. The second-order valence-electron chi connectivity index (χ2n) is 8.96. The van der Waals surface area contributed by atoms with Gasteiger partial charge in [0.05, 0.1) is 17.1 Å². The van der Waals surface area contributed by atoms with E-state index in [1.165, 1.54) is 0 Å². The molecule has 182 valence electrons. The number of aromatic nitrogens is 3. The zero-order chi connectivity index (χ0) is 24.8. The number of amides is 1. The predicted molar refractivity (Wildman–Crippen MR) is 133 cm³/mol. The molecule has 2 aromatic heterocycles. The van der Waals surface area contributed by atoms with Crippen molar-refractivity contribution >= 4 is 16.8 Å². The van der Waals surface area contributed by atoms with Gasteiger partial charge in [0.1, 0.15) is 29.8 Å². The van der Waals surface area contributed by atoms with E-state index < -0.39 is 12.0 Å². The maximum absolute atomic E-state index is 11.6. The molecule has 0 saturated carbocycles. The van der Waals surface area contributed by atoms with Crippen molar-refractivity contribution in [3.63, 3.8) is 0 Å². The molecule has 0 aliphatic heterocycles. The van der Waals surface area contributed by atoms with Crippen LogP contribution in [-0.4, -0.2) is 51.0 Å². The van der Waals surface area contributed by atoms with Crippen molar-refractivity contribution in [1.82, 2.24) is 20.5 Å². The molecule has 1 atom stereocenters. The number of pyridine rings is 1. The smallest absolute Gasteiger partial charge is 0.254 e. The summed E-state index contributed by atoms with van der Waals surface area (Å²) in [6.45, 7) is 4.69. The maximum atomic E-state index is 11.6. The molecule has 0 saturated heterocycles. The number of aliphatic hydroxyl groups excluding tert-OH is 1. The maximum Gasteiger partial charge on any atom is 0.254 e. The lowest BCUT2D eigenvalue weighted by Gasteiger charge is -2.28. The summed E-state index contributed by atoms with van der Waals surface area (Å²) in [7, 11) is 0. The van der Waals surface area contributed by atoms with E-state index in [1.807, 2.05) is 42.5 Å². The van der Waals surface area contributed by atoms with E-state index >= 15 is 0 Å². The Morgan fingerprint density at radius 1 is 1.17 bits per heavy atom. The number of β-amino-alcohol motifs (C(OH)–C–C–N with tert-alkyl or cyclic N) is 1. The molecular formula is C26H29N5O4. The number of hydrogen-bond donors (Lipinski definition) is 4. The molecule has 0 aliphatic rings. The first-order valence-electron chi connectivity index (χ1n) is 11.3. The van der Waals surface area contributed by atoms with Crippen molar-refractivity contribution in [3.05, 3.63) is 78.1 Å². The van der Waals surface area contributed by atoms with Gasteiger partial charge in [-0.15, -0.1) is 0 Å². The minimum absolute atomic E-state index is 0.167. The third-order valence-electron chi connectivity index (χ3n) is 5.51. The van der Waals surface area contributed by atoms with Gasteiger partial charge in [0.15, 0.2) is 0 Å². The number of fused-ring (bicyclic) bond motifs is 1. The molecule has 2 heterocycles. The van der Waals surface area contributed by atoms with Crippen molar-refractivity contribution < 1.29 is 19.4 Å². The molecule has 0 unspecified atom stereocenters. The summed E-state index contributed by atoms with van der Waals surface area (Å²) in [4.78, 5) is 15.6. The molecule has 5 N–H and O–H groups in total. The largest absolute Gasteiger partial charge is 0.490 e. The number of benzene rings is 2. The van der Waals surface area contributed by atoms with Crippen LogP contribution >= 0.6 is 0 Å².